The van der Waals surface area contributed by atoms with E-state index >= 15 is 0 Å². The van der Waals surface area contributed by atoms with E-state index in [2.05, 4.69) is 15.6 Å². The first-order chi connectivity index (χ1) is 17.4. The Morgan fingerprint density at radius 1 is 1.08 bits per heavy atom. The Morgan fingerprint density at radius 2 is 1.81 bits per heavy atom. The monoisotopic (exact) mass is 507 g/mol. The molecule has 2 aromatic carbocycles. The molecule has 8 nitrogen and oxygen atoms in total. The number of nitrogens with two attached hydrogens (primary N) is 1. The molecule has 3 atom stereocenters. The van der Waals surface area contributed by atoms with Crippen LogP contribution in [0.5, 0.6) is 0 Å². The first-order valence-corrected chi connectivity index (χ1v) is 12.7. The van der Waals surface area contributed by atoms with Crippen molar-refractivity contribution >= 4 is 34.2 Å². The van der Waals surface area contributed by atoms with Gasteiger partial charge in [0.25, 0.3) is 5.91 Å². The van der Waals surface area contributed by atoms with Crippen LogP contribution >= 0.6 is 11.3 Å². The first-order valence-electron chi connectivity index (χ1n) is 11.8. The van der Waals surface area contributed by atoms with Crippen LogP contribution in [-0.4, -0.2) is 52.4 Å². The second-order valence-electron chi connectivity index (χ2n) is 9.08. The van der Waals surface area contributed by atoms with Crippen molar-refractivity contribution in [3.8, 4) is 11.3 Å². The smallest absolute Gasteiger partial charge is 0.251 e. The number of benzene rings is 2. The third kappa shape index (κ3) is 5.29. The molecule has 5 rings (SSSR count). The Hall–Kier alpha value is -3.63. The number of alkyl halides is 1. The van der Waals surface area contributed by atoms with Gasteiger partial charge in [0.15, 0.2) is 5.13 Å². The number of aromatic nitrogens is 1. The number of hydrogen-bond donors (Lipinski definition) is 3. The van der Waals surface area contributed by atoms with Crippen LogP contribution in [0.15, 0.2) is 60.0 Å². The third-order valence-electron chi connectivity index (χ3n) is 6.35. The van der Waals surface area contributed by atoms with Gasteiger partial charge in [0, 0.05) is 29.0 Å². The largest absolute Gasteiger partial charge is 0.349 e. The molecule has 0 spiro atoms. The van der Waals surface area contributed by atoms with Gasteiger partial charge in [0.2, 0.25) is 11.8 Å². The number of nitrogens with one attached hydrogen (secondary N) is 2. The molecule has 4 N–H and O–H groups in total. The molecule has 2 heterocycles. The third-order valence-corrected chi connectivity index (χ3v) is 7.11. The molecular formula is C26H26FN5O3S. The fourth-order valence-electron chi connectivity index (χ4n) is 4.20. The van der Waals surface area contributed by atoms with Crippen molar-refractivity contribution in [3.05, 3.63) is 71.1 Å². The number of likely N-dealkylation sites (tertiary alicyclic amines) is 1. The Morgan fingerprint density at radius 3 is 2.50 bits per heavy atom. The number of thiazole rings is 1. The lowest BCUT2D eigenvalue weighted by Gasteiger charge is -2.26. The molecule has 0 bridgehead atoms. The van der Waals surface area contributed by atoms with Crippen molar-refractivity contribution in [1.82, 2.24) is 15.2 Å². The zero-order chi connectivity index (χ0) is 25.2. The minimum Gasteiger partial charge on any atom is -0.349 e. The predicted molar refractivity (Wildman–Crippen MR) is 135 cm³/mol. The van der Waals surface area contributed by atoms with E-state index in [1.165, 1.54) is 16.2 Å². The Kier molecular flexibility index (Phi) is 6.80. The SMILES string of the molecule is N[C@@H](C(=O)N1C[C@@H](F)C[C@H]1C(=O)Nc1nc(-c2ccc(C(=O)NC3CC3)cc2)cs1)c1ccccc1. The van der Waals surface area contributed by atoms with E-state index in [1.54, 1.807) is 53.9 Å². The normalized spacial score (nSPS) is 20.1. The average molecular weight is 508 g/mol. The van der Waals surface area contributed by atoms with Crippen LogP contribution in [0, 0.1) is 0 Å². The second kappa shape index (κ2) is 10.2. The molecule has 1 aromatic heterocycles. The summed E-state index contributed by atoms with van der Waals surface area (Å²) in [4.78, 5) is 43.9. The van der Waals surface area contributed by atoms with Crippen molar-refractivity contribution in [2.75, 3.05) is 11.9 Å². The van der Waals surface area contributed by atoms with Gasteiger partial charge >= 0.3 is 0 Å². The van der Waals surface area contributed by atoms with E-state index in [1.807, 2.05) is 6.07 Å². The fourth-order valence-corrected chi connectivity index (χ4v) is 4.92. The summed E-state index contributed by atoms with van der Waals surface area (Å²) >= 11 is 1.23. The maximum Gasteiger partial charge on any atom is 0.251 e. The van der Waals surface area contributed by atoms with Crippen molar-refractivity contribution in [1.29, 1.82) is 0 Å². The second-order valence-corrected chi connectivity index (χ2v) is 9.94. The van der Waals surface area contributed by atoms with Crippen LogP contribution in [0.1, 0.15) is 41.2 Å². The Bertz CT molecular complexity index is 1260. The van der Waals surface area contributed by atoms with E-state index in [4.69, 9.17) is 5.73 Å². The standard InChI is InChI=1S/C26H26FN5O3S/c27-18-12-21(32(13-18)25(35)22(28)16-4-2-1-3-5-16)24(34)31-26-30-20(14-36-26)15-6-8-17(9-7-15)23(33)29-19-10-11-19/h1-9,14,18-19,21-22H,10-13,28H2,(H,29,33)(H,30,31,34)/t18-,21-,22+/m0/s1. The number of carbonyl (C=O) groups is 3. The molecule has 10 heteroatoms. The summed E-state index contributed by atoms with van der Waals surface area (Å²) in [6.45, 7) is -0.179. The molecular weight excluding hydrogens is 481 g/mol. The highest BCUT2D eigenvalue weighted by Crippen LogP contribution is 2.28. The quantitative estimate of drug-likeness (QED) is 0.454. The molecule has 3 aromatic rings. The molecule has 186 valence electrons. The van der Waals surface area contributed by atoms with Crippen molar-refractivity contribution in [2.24, 2.45) is 5.73 Å². The van der Waals surface area contributed by atoms with Gasteiger partial charge in [-0.1, -0.05) is 42.5 Å². The molecule has 1 saturated heterocycles. The highest BCUT2D eigenvalue weighted by atomic mass is 32.1. The maximum absolute atomic E-state index is 14.3. The summed E-state index contributed by atoms with van der Waals surface area (Å²) in [6.07, 6.45) is 0.642. The molecule has 36 heavy (non-hydrogen) atoms. The van der Waals surface area contributed by atoms with E-state index in [-0.39, 0.29) is 24.9 Å². The van der Waals surface area contributed by atoms with Crippen molar-refractivity contribution in [3.63, 3.8) is 0 Å². The lowest BCUT2D eigenvalue weighted by atomic mass is 10.1. The predicted octanol–water partition coefficient (Wildman–Crippen LogP) is 3.28. The summed E-state index contributed by atoms with van der Waals surface area (Å²) < 4.78 is 14.3. The van der Waals surface area contributed by atoms with E-state index in [0.717, 1.165) is 18.4 Å². The molecule has 1 aliphatic carbocycles. The van der Waals surface area contributed by atoms with Gasteiger partial charge in [-0.05, 0) is 30.5 Å². The summed E-state index contributed by atoms with van der Waals surface area (Å²) in [5, 5.41) is 7.80. The number of carbonyl (C=O) groups excluding carboxylic acids is 3. The molecule has 1 saturated carbocycles. The topological polar surface area (TPSA) is 117 Å². The lowest BCUT2D eigenvalue weighted by Crippen LogP contribution is -2.46. The van der Waals surface area contributed by atoms with Crippen LogP contribution in [0.25, 0.3) is 11.3 Å². The fraction of sp³-hybridized carbons (Fsp3) is 0.308. The summed E-state index contributed by atoms with van der Waals surface area (Å²) in [6, 6.07) is 14.2. The van der Waals surface area contributed by atoms with Crippen LogP contribution in [0.2, 0.25) is 0 Å². The summed E-state index contributed by atoms with van der Waals surface area (Å²) in [5.74, 6) is -1.09. The molecule has 0 radical (unpaired) electrons. The van der Waals surface area contributed by atoms with E-state index < -0.39 is 30.1 Å². The van der Waals surface area contributed by atoms with Crippen LogP contribution in [-0.2, 0) is 9.59 Å². The molecule has 1 aliphatic heterocycles. The van der Waals surface area contributed by atoms with Crippen LogP contribution in [0.4, 0.5) is 9.52 Å². The van der Waals surface area contributed by atoms with E-state index in [9.17, 15) is 18.8 Å². The number of halogens is 1. The number of nitrogens with zero attached hydrogens (tertiary/aromatic N) is 2. The number of amides is 3. The van der Waals surface area contributed by atoms with Gasteiger partial charge < -0.3 is 21.3 Å². The number of hydrogen-bond acceptors (Lipinski definition) is 6. The molecule has 2 aliphatic rings. The number of rotatable bonds is 7. The first kappa shape index (κ1) is 24.1. The van der Waals surface area contributed by atoms with Crippen LogP contribution in [0.3, 0.4) is 0 Å². The van der Waals surface area contributed by atoms with Gasteiger partial charge in [-0.3, -0.25) is 14.4 Å². The van der Waals surface area contributed by atoms with Crippen molar-refractivity contribution < 1.29 is 18.8 Å². The summed E-state index contributed by atoms with van der Waals surface area (Å²) in [5.41, 5.74) is 8.74. The van der Waals surface area contributed by atoms with Gasteiger partial charge in [0.1, 0.15) is 18.3 Å². The zero-order valence-electron chi connectivity index (χ0n) is 19.4. The minimum atomic E-state index is -1.31. The van der Waals surface area contributed by atoms with Gasteiger partial charge in [0.05, 0.1) is 12.2 Å². The van der Waals surface area contributed by atoms with Gasteiger partial charge in [-0.25, -0.2) is 9.37 Å². The van der Waals surface area contributed by atoms with Gasteiger partial charge in [-0.2, -0.15) is 0 Å². The highest BCUT2D eigenvalue weighted by molar-refractivity contribution is 7.14. The van der Waals surface area contributed by atoms with Crippen LogP contribution < -0.4 is 16.4 Å². The minimum absolute atomic E-state index is 0.0934. The molecule has 3 amide bonds. The maximum atomic E-state index is 14.3. The Balaban J connectivity index is 1.24. The van der Waals surface area contributed by atoms with E-state index in [0.29, 0.717) is 22.0 Å². The molecule has 2 fully saturated rings. The highest BCUT2D eigenvalue weighted by Gasteiger charge is 2.41. The van der Waals surface area contributed by atoms with Gasteiger partial charge in [-0.15, -0.1) is 11.3 Å². The number of anilines is 1. The molecule has 0 unspecified atom stereocenters. The van der Waals surface area contributed by atoms with Crippen molar-refractivity contribution in [2.45, 2.75) is 43.6 Å². The lowest BCUT2D eigenvalue weighted by molar-refractivity contribution is -0.137. The Labute approximate surface area is 211 Å². The average Bonchev–Trinajstić information content (AvgIpc) is 3.43. The zero-order valence-corrected chi connectivity index (χ0v) is 20.2. The summed E-state index contributed by atoms with van der Waals surface area (Å²) in [7, 11) is 0.